The fourth-order valence-corrected chi connectivity index (χ4v) is 3.85. The van der Waals surface area contributed by atoms with Crippen molar-refractivity contribution in [1.82, 2.24) is 0 Å². The van der Waals surface area contributed by atoms with Crippen molar-refractivity contribution in [2.24, 2.45) is 0 Å². The molecule has 0 N–H and O–H groups in total. The number of furan rings is 1. The maximum Gasteiger partial charge on any atom is 0.165 e. The Hall–Kier alpha value is -2.07. The van der Waals surface area contributed by atoms with Gasteiger partial charge in [0.05, 0.1) is 0 Å². The lowest BCUT2D eigenvalue weighted by molar-refractivity contribution is 0.587. The zero-order chi connectivity index (χ0) is 14.7. The summed E-state index contributed by atoms with van der Waals surface area (Å²) in [6.45, 7) is 0. The lowest BCUT2D eigenvalue weighted by Gasteiger charge is -2.07. The van der Waals surface area contributed by atoms with Crippen LogP contribution in [0.3, 0.4) is 0 Å². The molecule has 0 aliphatic heterocycles. The molecule has 0 fully saturated rings. The molecule has 0 aliphatic rings. The average molecular weight is 394 g/mol. The van der Waals surface area contributed by atoms with Crippen LogP contribution < -0.4 is 0 Å². The molecule has 5 rings (SSSR count). The second kappa shape index (κ2) is 4.46. The fraction of sp³-hybridized carbons (Fsp3) is 0. The van der Waals surface area contributed by atoms with Crippen LogP contribution in [0, 0.1) is 3.77 Å². The molecule has 22 heavy (non-hydrogen) atoms. The topological polar surface area (TPSA) is 13.1 Å². The minimum Gasteiger partial charge on any atom is -0.450 e. The SMILES string of the molecule is Ic1cc2ccc3c4cc5ccccc5cc4ccc3c2o1. The summed E-state index contributed by atoms with van der Waals surface area (Å²) >= 11 is 2.23. The third kappa shape index (κ3) is 1.70. The van der Waals surface area contributed by atoms with Crippen LogP contribution >= 0.6 is 22.6 Å². The molecule has 0 unspecified atom stereocenters. The number of hydrogen-bond acceptors (Lipinski definition) is 1. The lowest BCUT2D eigenvalue weighted by atomic mass is 9.97. The van der Waals surface area contributed by atoms with Crippen molar-refractivity contribution in [2.75, 3.05) is 0 Å². The fourth-order valence-electron chi connectivity index (χ4n) is 3.30. The molecule has 0 saturated heterocycles. The van der Waals surface area contributed by atoms with Gasteiger partial charge in [0.1, 0.15) is 5.58 Å². The highest BCUT2D eigenvalue weighted by atomic mass is 127. The van der Waals surface area contributed by atoms with E-state index in [1.54, 1.807) is 0 Å². The summed E-state index contributed by atoms with van der Waals surface area (Å²) in [6.07, 6.45) is 0. The summed E-state index contributed by atoms with van der Waals surface area (Å²) in [5.74, 6) is 0. The standard InChI is InChI=1S/C20H11IO/c21-19-11-15-6-7-16-17(20(15)22-19)8-5-14-9-12-3-1-2-4-13(12)10-18(14)16/h1-11H. The van der Waals surface area contributed by atoms with Gasteiger partial charge < -0.3 is 4.42 Å². The summed E-state index contributed by atoms with van der Waals surface area (Å²) in [5, 5.41) is 8.71. The highest BCUT2D eigenvalue weighted by Crippen LogP contribution is 2.34. The van der Waals surface area contributed by atoms with Crippen LogP contribution in [0.25, 0.3) is 43.3 Å². The second-order valence-electron chi connectivity index (χ2n) is 5.62. The van der Waals surface area contributed by atoms with Crippen molar-refractivity contribution in [3.05, 3.63) is 70.5 Å². The molecule has 0 radical (unpaired) electrons. The molecule has 4 aromatic carbocycles. The van der Waals surface area contributed by atoms with Crippen LogP contribution in [0.5, 0.6) is 0 Å². The number of hydrogen-bond donors (Lipinski definition) is 0. The Morgan fingerprint density at radius 3 is 2.18 bits per heavy atom. The number of fused-ring (bicyclic) bond motifs is 6. The van der Waals surface area contributed by atoms with E-state index in [2.05, 4.69) is 89.3 Å². The predicted molar refractivity (Wildman–Crippen MR) is 101 cm³/mol. The van der Waals surface area contributed by atoms with Crippen molar-refractivity contribution < 1.29 is 4.42 Å². The number of rotatable bonds is 0. The zero-order valence-electron chi connectivity index (χ0n) is 11.6. The van der Waals surface area contributed by atoms with Crippen molar-refractivity contribution in [2.45, 2.75) is 0 Å². The van der Waals surface area contributed by atoms with Gasteiger partial charge in [-0.05, 0) is 73.8 Å². The van der Waals surface area contributed by atoms with Gasteiger partial charge in [-0.3, -0.25) is 0 Å². The Bertz CT molecular complexity index is 1180. The van der Waals surface area contributed by atoms with Crippen molar-refractivity contribution in [3.8, 4) is 0 Å². The van der Waals surface area contributed by atoms with Gasteiger partial charge in [0.25, 0.3) is 0 Å². The highest BCUT2D eigenvalue weighted by Gasteiger charge is 2.09. The first-order valence-electron chi connectivity index (χ1n) is 7.23. The van der Waals surface area contributed by atoms with Gasteiger partial charge in [-0.25, -0.2) is 0 Å². The summed E-state index contributed by atoms with van der Waals surface area (Å²) < 4.78 is 6.83. The average Bonchev–Trinajstić information content (AvgIpc) is 2.93. The number of halogens is 1. The van der Waals surface area contributed by atoms with E-state index in [9.17, 15) is 0 Å². The summed E-state index contributed by atoms with van der Waals surface area (Å²) in [6, 6.07) is 23.9. The first-order valence-corrected chi connectivity index (χ1v) is 8.31. The molecule has 0 saturated carbocycles. The molecular weight excluding hydrogens is 383 g/mol. The van der Waals surface area contributed by atoms with Crippen LogP contribution in [0.1, 0.15) is 0 Å². The third-order valence-corrected chi connectivity index (χ3v) is 4.86. The van der Waals surface area contributed by atoms with Gasteiger partial charge in [0.2, 0.25) is 0 Å². The summed E-state index contributed by atoms with van der Waals surface area (Å²) in [5.41, 5.74) is 0.983. The minimum absolute atomic E-state index is 0.929. The van der Waals surface area contributed by atoms with Crippen molar-refractivity contribution >= 4 is 65.9 Å². The van der Waals surface area contributed by atoms with E-state index < -0.39 is 0 Å². The highest BCUT2D eigenvalue weighted by molar-refractivity contribution is 14.1. The first-order chi connectivity index (χ1) is 10.8. The maximum absolute atomic E-state index is 5.90. The largest absolute Gasteiger partial charge is 0.450 e. The monoisotopic (exact) mass is 394 g/mol. The van der Waals surface area contributed by atoms with E-state index in [4.69, 9.17) is 4.42 Å². The van der Waals surface area contributed by atoms with Gasteiger partial charge >= 0.3 is 0 Å². The van der Waals surface area contributed by atoms with Gasteiger partial charge in [0, 0.05) is 10.8 Å². The predicted octanol–water partition coefficient (Wildman–Crippen LogP) is 6.50. The minimum atomic E-state index is 0.929. The summed E-state index contributed by atoms with van der Waals surface area (Å²) in [7, 11) is 0. The molecule has 0 aliphatic carbocycles. The van der Waals surface area contributed by atoms with Crippen molar-refractivity contribution in [3.63, 3.8) is 0 Å². The molecule has 0 bridgehead atoms. The van der Waals surface area contributed by atoms with E-state index >= 15 is 0 Å². The van der Waals surface area contributed by atoms with E-state index in [1.807, 2.05) is 0 Å². The number of benzene rings is 4. The normalized spacial score (nSPS) is 11.9. The Labute approximate surface area is 140 Å². The Kier molecular flexibility index (Phi) is 2.53. The van der Waals surface area contributed by atoms with Crippen LogP contribution in [-0.2, 0) is 0 Å². The zero-order valence-corrected chi connectivity index (χ0v) is 13.8. The second-order valence-corrected chi connectivity index (χ2v) is 6.68. The summed E-state index contributed by atoms with van der Waals surface area (Å²) in [4.78, 5) is 0. The van der Waals surface area contributed by atoms with E-state index in [-0.39, 0.29) is 0 Å². The Balaban J connectivity index is 2.01. The molecule has 0 spiro atoms. The Morgan fingerprint density at radius 1 is 0.591 bits per heavy atom. The first kappa shape index (κ1) is 12.5. The Morgan fingerprint density at radius 2 is 1.32 bits per heavy atom. The molecule has 1 heterocycles. The molecule has 0 atom stereocenters. The van der Waals surface area contributed by atoms with E-state index in [0.29, 0.717) is 0 Å². The molecular formula is C20H11IO. The third-order valence-electron chi connectivity index (χ3n) is 4.33. The smallest absolute Gasteiger partial charge is 0.165 e. The van der Waals surface area contributed by atoms with Gasteiger partial charge in [-0.15, -0.1) is 0 Å². The van der Waals surface area contributed by atoms with Crippen LogP contribution in [0.4, 0.5) is 0 Å². The van der Waals surface area contributed by atoms with Crippen molar-refractivity contribution in [1.29, 1.82) is 0 Å². The van der Waals surface area contributed by atoms with Crippen LogP contribution in [0.2, 0.25) is 0 Å². The molecule has 5 aromatic rings. The lowest BCUT2D eigenvalue weighted by Crippen LogP contribution is -1.80. The maximum atomic E-state index is 5.90. The van der Waals surface area contributed by atoms with Crippen LogP contribution in [0.15, 0.2) is 71.1 Å². The molecule has 0 amide bonds. The van der Waals surface area contributed by atoms with Gasteiger partial charge in [-0.1, -0.05) is 42.5 Å². The van der Waals surface area contributed by atoms with E-state index in [0.717, 1.165) is 14.7 Å². The quantitative estimate of drug-likeness (QED) is 0.166. The van der Waals surface area contributed by atoms with Gasteiger partial charge in [0.15, 0.2) is 3.77 Å². The van der Waals surface area contributed by atoms with E-state index in [1.165, 1.54) is 32.3 Å². The molecule has 2 heteroatoms. The molecule has 104 valence electrons. The molecule has 1 nitrogen and oxygen atoms in total. The van der Waals surface area contributed by atoms with Gasteiger partial charge in [-0.2, -0.15) is 0 Å². The molecule has 1 aromatic heterocycles. The van der Waals surface area contributed by atoms with Crippen LogP contribution in [-0.4, -0.2) is 0 Å².